The fourth-order valence-electron chi connectivity index (χ4n) is 1.30. The summed E-state index contributed by atoms with van der Waals surface area (Å²) in [4.78, 5) is 23.4. The molecule has 2 rings (SSSR count). The van der Waals surface area contributed by atoms with Crippen molar-refractivity contribution in [1.82, 2.24) is 0 Å². The van der Waals surface area contributed by atoms with Gasteiger partial charge in [-0.05, 0) is 17.0 Å². The molecule has 1 aromatic heterocycles. The van der Waals surface area contributed by atoms with Crippen LogP contribution in [0.15, 0.2) is 47.8 Å². The van der Waals surface area contributed by atoms with Gasteiger partial charge in [0.25, 0.3) is 5.78 Å². The largest absolute Gasteiger partial charge is 0.455 e. The average Bonchev–Trinajstić information content (AvgIpc) is 2.90. The molecule has 2 aromatic rings. The zero-order chi connectivity index (χ0) is 12.1. The van der Waals surface area contributed by atoms with E-state index in [1.54, 1.807) is 17.5 Å². The average molecular weight is 246 g/mol. The molecule has 1 aromatic carbocycles. The van der Waals surface area contributed by atoms with Crippen LogP contribution in [0.4, 0.5) is 0 Å². The van der Waals surface area contributed by atoms with Crippen molar-refractivity contribution in [3.05, 3.63) is 58.3 Å². The number of ketones is 1. The van der Waals surface area contributed by atoms with Gasteiger partial charge in [0, 0.05) is 0 Å². The zero-order valence-electron chi connectivity index (χ0n) is 8.96. The summed E-state index contributed by atoms with van der Waals surface area (Å²) in [6, 6.07) is 12.6. The Labute approximate surface area is 103 Å². The second-order valence-electron chi connectivity index (χ2n) is 3.37. The molecule has 0 unspecified atom stereocenters. The van der Waals surface area contributed by atoms with Crippen molar-refractivity contribution in [2.75, 3.05) is 0 Å². The van der Waals surface area contributed by atoms with Crippen molar-refractivity contribution in [3.63, 3.8) is 0 Å². The fourth-order valence-corrected chi connectivity index (χ4v) is 1.95. The SMILES string of the molecule is O=C(OCc1ccccc1)C(=O)c1cccs1. The normalized spacial score (nSPS) is 9.88. The van der Waals surface area contributed by atoms with Crippen LogP contribution < -0.4 is 0 Å². The lowest BCUT2D eigenvalue weighted by Gasteiger charge is -2.02. The highest BCUT2D eigenvalue weighted by Gasteiger charge is 2.18. The topological polar surface area (TPSA) is 43.4 Å². The maximum absolute atomic E-state index is 11.6. The second kappa shape index (κ2) is 5.41. The van der Waals surface area contributed by atoms with E-state index in [4.69, 9.17) is 4.74 Å². The summed E-state index contributed by atoms with van der Waals surface area (Å²) in [7, 11) is 0. The molecule has 1 heterocycles. The van der Waals surface area contributed by atoms with Gasteiger partial charge in [0.15, 0.2) is 0 Å². The van der Waals surface area contributed by atoms with Gasteiger partial charge < -0.3 is 4.74 Å². The third-order valence-electron chi connectivity index (χ3n) is 2.14. The van der Waals surface area contributed by atoms with Crippen LogP contribution >= 0.6 is 11.3 Å². The number of esters is 1. The van der Waals surface area contributed by atoms with E-state index in [2.05, 4.69) is 0 Å². The Morgan fingerprint density at radius 2 is 1.82 bits per heavy atom. The van der Waals surface area contributed by atoms with Crippen molar-refractivity contribution >= 4 is 23.1 Å². The minimum absolute atomic E-state index is 0.122. The highest BCUT2D eigenvalue weighted by Crippen LogP contribution is 2.10. The summed E-state index contributed by atoms with van der Waals surface area (Å²) >= 11 is 1.23. The van der Waals surface area contributed by atoms with Crippen molar-refractivity contribution < 1.29 is 14.3 Å². The molecular formula is C13H10O3S. The molecule has 17 heavy (non-hydrogen) atoms. The van der Waals surface area contributed by atoms with E-state index >= 15 is 0 Å². The first-order valence-electron chi connectivity index (χ1n) is 5.06. The number of carbonyl (C=O) groups is 2. The van der Waals surface area contributed by atoms with Crippen molar-refractivity contribution in [2.45, 2.75) is 6.61 Å². The number of carbonyl (C=O) groups excluding carboxylic acids is 2. The van der Waals surface area contributed by atoms with Crippen LogP contribution in [0.3, 0.4) is 0 Å². The lowest BCUT2D eigenvalue weighted by molar-refractivity contribution is -0.139. The van der Waals surface area contributed by atoms with E-state index in [1.807, 2.05) is 30.3 Å². The smallest absolute Gasteiger partial charge is 0.380 e. The molecular weight excluding hydrogens is 236 g/mol. The lowest BCUT2D eigenvalue weighted by Crippen LogP contribution is -2.16. The number of ether oxygens (including phenoxy) is 1. The van der Waals surface area contributed by atoms with Crippen LogP contribution in [0, 0.1) is 0 Å². The molecule has 0 fully saturated rings. The van der Waals surface area contributed by atoms with Crippen molar-refractivity contribution in [3.8, 4) is 0 Å². The fraction of sp³-hybridized carbons (Fsp3) is 0.0769. The molecule has 0 spiro atoms. The summed E-state index contributed by atoms with van der Waals surface area (Å²) in [5, 5.41) is 1.75. The molecule has 4 heteroatoms. The molecule has 0 N–H and O–H groups in total. The summed E-state index contributed by atoms with van der Waals surface area (Å²) in [5.41, 5.74) is 0.861. The van der Waals surface area contributed by atoms with E-state index in [1.165, 1.54) is 11.3 Å². The molecule has 0 aliphatic carbocycles. The second-order valence-corrected chi connectivity index (χ2v) is 4.32. The zero-order valence-corrected chi connectivity index (χ0v) is 9.78. The molecule has 86 valence electrons. The lowest BCUT2D eigenvalue weighted by atomic mass is 10.2. The molecule has 0 aliphatic rings. The number of thiophene rings is 1. The van der Waals surface area contributed by atoms with Gasteiger partial charge in [-0.1, -0.05) is 36.4 Å². The number of hydrogen-bond acceptors (Lipinski definition) is 4. The highest BCUT2D eigenvalue weighted by atomic mass is 32.1. The first-order chi connectivity index (χ1) is 8.27. The van der Waals surface area contributed by atoms with Gasteiger partial charge in [-0.15, -0.1) is 11.3 Å². The molecule has 0 bridgehead atoms. The number of rotatable bonds is 4. The summed E-state index contributed by atoms with van der Waals surface area (Å²) in [6.07, 6.45) is 0. The van der Waals surface area contributed by atoms with E-state index in [9.17, 15) is 9.59 Å². The van der Waals surface area contributed by atoms with Gasteiger partial charge >= 0.3 is 5.97 Å². The standard InChI is InChI=1S/C13H10O3S/c14-12(11-7-4-8-17-11)13(15)16-9-10-5-2-1-3-6-10/h1-8H,9H2. The molecule has 3 nitrogen and oxygen atoms in total. The monoisotopic (exact) mass is 246 g/mol. The van der Waals surface area contributed by atoms with Crippen LogP contribution in [0.5, 0.6) is 0 Å². The maximum Gasteiger partial charge on any atom is 0.380 e. The van der Waals surface area contributed by atoms with Crippen LogP contribution in [0.25, 0.3) is 0 Å². The van der Waals surface area contributed by atoms with Gasteiger partial charge in [-0.2, -0.15) is 0 Å². The third kappa shape index (κ3) is 3.01. The van der Waals surface area contributed by atoms with E-state index in [-0.39, 0.29) is 6.61 Å². The molecule has 0 amide bonds. The third-order valence-corrected chi connectivity index (χ3v) is 3.01. The molecule has 0 atom stereocenters. The Bertz CT molecular complexity index is 503. The van der Waals surface area contributed by atoms with Crippen LogP contribution in [0.1, 0.15) is 15.2 Å². The van der Waals surface area contributed by atoms with E-state index < -0.39 is 11.8 Å². The maximum atomic E-state index is 11.6. The van der Waals surface area contributed by atoms with Gasteiger partial charge in [-0.3, -0.25) is 4.79 Å². The molecule has 0 saturated carbocycles. The minimum Gasteiger partial charge on any atom is -0.455 e. The van der Waals surface area contributed by atoms with Crippen LogP contribution in [0.2, 0.25) is 0 Å². The van der Waals surface area contributed by atoms with Crippen LogP contribution in [-0.4, -0.2) is 11.8 Å². The van der Waals surface area contributed by atoms with Gasteiger partial charge in [0.2, 0.25) is 0 Å². The predicted octanol–water partition coefficient (Wildman–Crippen LogP) is 2.67. The quantitative estimate of drug-likeness (QED) is 0.473. The Kier molecular flexibility index (Phi) is 3.67. The predicted molar refractivity (Wildman–Crippen MR) is 64.9 cm³/mol. The summed E-state index contributed by atoms with van der Waals surface area (Å²) < 4.78 is 4.93. The highest BCUT2D eigenvalue weighted by molar-refractivity contribution is 7.12. The summed E-state index contributed by atoms with van der Waals surface area (Å²) in [5.74, 6) is -1.40. The van der Waals surface area contributed by atoms with Crippen molar-refractivity contribution in [2.24, 2.45) is 0 Å². The van der Waals surface area contributed by atoms with Crippen LogP contribution in [-0.2, 0) is 16.1 Å². The number of benzene rings is 1. The Morgan fingerprint density at radius 3 is 2.47 bits per heavy atom. The minimum atomic E-state index is -0.809. The van der Waals surface area contributed by atoms with E-state index in [0.29, 0.717) is 4.88 Å². The summed E-state index contributed by atoms with van der Waals surface area (Å²) in [6.45, 7) is 0.122. The van der Waals surface area contributed by atoms with Gasteiger partial charge in [0.05, 0.1) is 4.88 Å². The molecule has 0 aliphatic heterocycles. The number of hydrogen-bond donors (Lipinski definition) is 0. The Hall–Kier alpha value is -1.94. The first-order valence-corrected chi connectivity index (χ1v) is 5.94. The Morgan fingerprint density at radius 1 is 1.06 bits per heavy atom. The molecule has 0 saturated heterocycles. The van der Waals surface area contributed by atoms with Crippen molar-refractivity contribution in [1.29, 1.82) is 0 Å². The Balaban J connectivity index is 1.92. The first kappa shape index (κ1) is 11.5. The van der Waals surface area contributed by atoms with E-state index in [0.717, 1.165) is 5.56 Å². The molecule has 0 radical (unpaired) electrons. The number of Topliss-reactive ketones (excluding diaryl/α,β-unsaturated/α-hetero) is 1. The van der Waals surface area contributed by atoms with Gasteiger partial charge in [-0.25, -0.2) is 4.79 Å². The van der Waals surface area contributed by atoms with Gasteiger partial charge in [0.1, 0.15) is 6.61 Å².